The topological polar surface area (TPSA) is 66.8 Å². The summed E-state index contributed by atoms with van der Waals surface area (Å²) in [4.78, 5) is 26.2. The molecule has 2 saturated carbocycles. The van der Waals surface area contributed by atoms with Crippen LogP contribution >= 0.6 is 0 Å². The molecule has 0 aromatic rings. The van der Waals surface area contributed by atoms with Crippen molar-refractivity contribution in [1.29, 1.82) is 0 Å². The van der Waals surface area contributed by atoms with E-state index in [2.05, 4.69) is 11.8 Å². The number of likely N-dealkylation sites (tertiary alicyclic amines) is 1. The van der Waals surface area contributed by atoms with Crippen LogP contribution in [-0.2, 0) is 14.3 Å². The summed E-state index contributed by atoms with van der Waals surface area (Å²) in [6.45, 7) is 9.04. The van der Waals surface area contributed by atoms with Gasteiger partial charge in [-0.2, -0.15) is 0 Å². The van der Waals surface area contributed by atoms with E-state index in [1.807, 2.05) is 13.8 Å². The Balaban J connectivity index is 1.71. The van der Waals surface area contributed by atoms with Gasteiger partial charge in [0.15, 0.2) is 0 Å². The Bertz CT molecular complexity index is 527. The van der Waals surface area contributed by atoms with Crippen molar-refractivity contribution >= 4 is 11.9 Å². The second kappa shape index (κ2) is 5.20. The first-order chi connectivity index (χ1) is 10.7. The number of nitrogens with zero attached hydrogens (tertiary/aromatic N) is 1. The number of aliphatic carboxylic acids is 1. The van der Waals surface area contributed by atoms with Crippen molar-refractivity contribution in [2.24, 2.45) is 17.3 Å². The minimum Gasteiger partial charge on any atom is -0.480 e. The Hall–Kier alpha value is -1.10. The summed E-state index contributed by atoms with van der Waals surface area (Å²) in [5.74, 6) is -0.307. The molecule has 2 aliphatic carbocycles. The van der Waals surface area contributed by atoms with E-state index in [9.17, 15) is 14.7 Å². The Morgan fingerprint density at radius 2 is 2.04 bits per heavy atom. The molecule has 3 rings (SSSR count). The Morgan fingerprint density at radius 1 is 1.39 bits per heavy atom. The number of esters is 1. The van der Waals surface area contributed by atoms with Crippen molar-refractivity contribution in [2.45, 2.75) is 70.9 Å². The fourth-order valence-corrected chi connectivity index (χ4v) is 4.85. The van der Waals surface area contributed by atoms with E-state index in [0.29, 0.717) is 12.0 Å². The van der Waals surface area contributed by atoms with Crippen molar-refractivity contribution in [3.63, 3.8) is 0 Å². The lowest BCUT2D eigenvalue weighted by Gasteiger charge is -2.58. The number of hydrogen-bond donors (Lipinski definition) is 1. The van der Waals surface area contributed by atoms with Crippen LogP contribution in [0.1, 0.15) is 59.8 Å². The second-order valence-corrected chi connectivity index (χ2v) is 8.42. The van der Waals surface area contributed by atoms with Gasteiger partial charge in [-0.25, -0.2) is 0 Å². The minimum atomic E-state index is -1.14. The summed E-state index contributed by atoms with van der Waals surface area (Å²) in [5.41, 5.74) is -0.740. The number of carbonyl (C=O) groups is 2. The molecule has 1 aliphatic heterocycles. The Labute approximate surface area is 138 Å². The molecule has 1 saturated heterocycles. The molecule has 3 aliphatic rings. The number of ether oxygens (including phenoxy) is 1. The van der Waals surface area contributed by atoms with E-state index in [4.69, 9.17) is 4.74 Å². The molecule has 5 heteroatoms. The van der Waals surface area contributed by atoms with Crippen molar-refractivity contribution in [1.82, 2.24) is 4.90 Å². The lowest BCUT2D eigenvalue weighted by Crippen LogP contribution is -2.71. The minimum absolute atomic E-state index is 0.0547. The molecule has 0 amide bonds. The van der Waals surface area contributed by atoms with Gasteiger partial charge in [-0.15, -0.1) is 0 Å². The highest BCUT2D eigenvalue weighted by Crippen LogP contribution is 2.78. The standard InChI is InChI=1S/C18H29NO4/c1-5-13-8-17(13)11-19(18(17)6-7-18)16(4,15(21)22)9-14(20)23-10-12(2)3/h12-13H,5-11H2,1-4H3,(H,21,22)/t13?,16-,17?/m1/s1. The fraction of sp³-hybridized carbons (Fsp3) is 0.889. The lowest BCUT2D eigenvalue weighted by molar-refractivity contribution is -0.178. The maximum absolute atomic E-state index is 12.1. The van der Waals surface area contributed by atoms with Gasteiger partial charge in [-0.05, 0) is 38.0 Å². The highest BCUT2D eigenvalue weighted by atomic mass is 16.5. The van der Waals surface area contributed by atoms with Gasteiger partial charge in [0.2, 0.25) is 0 Å². The zero-order valence-corrected chi connectivity index (χ0v) is 14.7. The third-order valence-corrected chi connectivity index (χ3v) is 6.45. The molecule has 130 valence electrons. The molecule has 2 unspecified atom stereocenters. The maximum Gasteiger partial charge on any atom is 0.324 e. The molecule has 0 aromatic carbocycles. The number of rotatable bonds is 7. The Morgan fingerprint density at radius 3 is 2.48 bits per heavy atom. The number of hydrogen-bond acceptors (Lipinski definition) is 4. The average molecular weight is 323 g/mol. The first-order valence-electron chi connectivity index (χ1n) is 8.88. The smallest absolute Gasteiger partial charge is 0.324 e. The van der Waals surface area contributed by atoms with E-state index in [-0.39, 0.29) is 17.9 Å². The van der Waals surface area contributed by atoms with Crippen LogP contribution in [0.15, 0.2) is 0 Å². The van der Waals surface area contributed by atoms with Crippen molar-refractivity contribution in [3.05, 3.63) is 0 Å². The van der Waals surface area contributed by atoms with Crippen LogP contribution in [0.3, 0.4) is 0 Å². The number of fused-ring (bicyclic) bond motifs is 1. The molecule has 23 heavy (non-hydrogen) atoms. The molecule has 0 bridgehead atoms. The predicted molar refractivity (Wildman–Crippen MR) is 86.0 cm³/mol. The van der Waals surface area contributed by atoms with Crippen LogP contribution in [0.25, 0.3) is 0 Å². The van der Waals surface area contributed by atoms with Gasteiger partial charge < -0.3 is 9.84 Å². The maximum atomic E-state index is 12.1. The van der Waals surface area contributed by atoms with Crippen molar-refractivity contribution < 1.29 is 19.4 Å². The third-order valence-electron chi connectivity index (χ3n) is 6.45. The predicted octanol–water partition coefficient (Wildman–Crippen LogP) is 2.68. The number of carboxylic acid groups (broad SMARTS) is 1. The van der Waals surface area contributed by atoms with Gasteiger partial charge in [0, 0.05) is 17.5 Å². The molecular formula is C18H29NO4. The Kier molecular flexibility index (Phi) is 3.79. The van der Waals surface area contributed by atoms with Crippen LogP contribution < -0.4 is 0 Å². The van der Waals surface area contributed by atoms with Crippen molar-refractivity contribution in [3.8, 4) is 0 Å². The summed E-state index contributed by atoms with van der Waals surface area (Å²) in [6.07, 6.45) is 4.49. The van der Waals surface area contributed by atoms with Gasteiger partial charge in [0.1, 0.15) is 5.54 Å². The molecule has 0 radical (unpaired) electrons. The number of carbonyl (C=O) groups excluding carboxylic acids is 1. The summed E-state index contributed by atoms with van der Waals surface area (Å²) in [5, 5.41) is 9.82. The van der Waals surface area contributed by atoms with Gasteiger partial charge in [-0.1, -0.05) is 27.2 Å². The zero-order valence-electron chi connectivity index (χ0n) is 14.7. The van der Waals surface area contributed by atoms with Crippen LogP contribution in [0.4, 0.5) is 0 Å². The van der Waals surface area contributed by atoms with E-state index in [1.54, 1.807) is 6.92 Å². The largest absolute Gasteiger partial charge is 0.480 e. The highest BCUT2D eigenvalue weighted by molar-refractivity contribution is 5.86. The fourth-order valence-electron chi connectivity index (χ4n) is 4.85. The summed E-state index contributed by atoms with van der Waals surface area (Å²) >= 11 is 0. The van der Waals surface area contributed by atoms with E-state index < -0.39 is 17.5 Å². The van der Waals surface area contributed by atoms with Crippen LogP contribution in [0.5, 0.6) is 0 Å². The van der Waals surface area contributed by atoms with Crippen molar-refractivity contribution in [2.75, 3.05) is 13.2 Å². The average Bonchev–Trinajstić information content (AvgIpc) is 3.35. The highest BCUT2D eigenvalue weighted by Gasteiger charge is 2.82. The first kappa shape index (κ1) is 16.7. The first-order valence-corrected chi connectivity index (χ1v) is 8.88. The van der Waals surface area contributed by atoms with E-state index >= 15 is 0 Å². The molecule has 5 nitrogen and oxygen atoms in total. The normalized spacial score (nSPS) is 33.3. The van der Waals surface area contributed by atoms with Gasteiger partial charge in [-0.3, -0.25) is 14.5 Å². The van der Waals surface area contributed by atoms with Gasteiger partial charge in [0.05, 0.1) is 13.0 Å². The summed E-state index contributed by atoms with van der Waals surface area (Å²) < 4.78 is 5.24. The molecule has 3 atom stereocenters. The zero-order chi connectivity index (χ0) is 17.0. The van der Waals surface area contributed by atoms with Crippen LogP contribution in [0.2, 0.25) is 0 Å². The molecule has 1 heterocycles. The second-order valence-electron chi connectivity index (χ2n) is 8.42. The van der Waals surface area contributed by atoms with Gasteiger partial charge >= 0.3 is 11.9 Å². The monoisotopic (exact) mass is 323 g/mol. The molecule has 1 N–H and O–H groups in total. The molecule has 3 fully saturated rings. The summed E-state index contributed by atoms with van der Waals surface area (Å²) in [7, 11) is 0. The third kappa shape index (κ3) is 2.31. The quantitative estimate of drug-likeness (QED) is 0.730. The SMILES string of the molecule is CCC1CC12CN([C@](C)(CC(=O)OCC(C)C)C(=O)O)C21CC1. The molecule has 2 spiro atoms. The lowest BCUT2D eigenvalue weighted by atomic mass is 9.74. The van der Waals surface area contributed by atoms with E-state index in [1.165, 1.54) is 12.8 Å². The summed E-state index contributed by atoms with van der Waals surface area (Å²) in [6, 6.07) is 0. The number of carboxylic acids is 1. The van der Waals surface area contributed by atoms with Gasteiger partial charge in [0.25, 0.3) is 0 Å². The molecule has 0 aromatic heterocycles. The molecular weight excluding hydrogens is 294 g/mol. The van der Waals surface area contributed by atoms with Crippen LogP contribution in [-0.4, -0.2) is 46.2 Å². The van der Waals surface area contributed by atoms with Crippen LogP contribution in [0, 0.1) is 17.3 Å². The van der Waals surface area contributed by atoms with E-state index in [0.717, 1.165) is 25.3 Å².